The largest absolute Gasteiger partial charge is 0.490 e. The van der Waals surface area contributed by atoms with Crippen LogP contribution >= 0.6 is 11.8 Å². The second-order valence-electron chi connectivity index (χ2n) is 3.61. The van der Waals surface area contributed by atoms with E-state index in [2.05, 4.69) is 20.7 Å². The summed E-state index contributed by atoms with van der Waals surface area (Å²) < 4.78 is 5.26. The maximum Gasteiger partial charge on any atom is 0.205 e. The predicted octanol–water partition coefficient (Wildman–Crippen LogP) is 2.24. The molecule has 0 atom stereocenters. The molecule has 0 fully saturated rings. The summed E-state index contributed by atoms with van der Waals surface area (Å²) in [5.74, 6) is 6.85. The highest BCUT2D eigenvalue weighted by Gasteiger charge is 2.11. The van der Waals surface area contributed by atoms with Crippen LogP contribution < -0.4 is 21.3 Å². The number of hydrazine groups is 1. The fourth-order valence-electron chi connectivity index (χ4n) is 1.60. The summed E-state index contributed by atoms with van der Waals surface area (Å²) in [6.07, 6.45) is 3.44. The van der Waals surface area contributed by atoms with E-state index in [0.717, 1.165) is 10.6 Å². The molecular weight excluding hydrogens is 262 g/mol. The molecule has 0 bridgehead atoms. The van der Waals surface area contributed by atoms with Gasteiger partial charge in [0.25, 0.3) is 0 Å². The zero-order valence-electron chi connectivity index (χ0n) is 10.7. The molecule has 0 saturated heterocycles. The second-order valence-corrected chi connectivity index (χ2v) is 4.49. The number of ether oxygens (including phenoxy) is 1. The zero-order valence-corrected chi connectivity index (χ0v) is 11.5. The number of nitrogens with one attached hydrogen (secondary N) is 2. The third-order valence-electron chi connectivity index (χ3n) is 2.48. The van der Waals surface area contributed by atoms with Crippen molar-refractivity contribution in [2.75, 3.05) is 24.1 Å². The number of rotatable bonds is 5. The average molecular weight is 277 g/mol. The van der Waals surface area contributed by atoms with Gasteiger partial charge in [-0.05, 0) is 24.5 Å². The van der Waals surface area contributed by atoms with Crippen LogP contribution in [0.1, 0.15) is 0 Å². The van der Waals surface area contributed by atoms with Crippen molar-refractivity contribution in [3.63, 3.8) is 0 Å². The van der Waals surface area contributed by atoms with E-state index >= 15 is 0 Å². The Labute approximate surface area is 115 Å². The number of benzene rings is 1. The number of aromatic nitrogens is 2. The van der Waals surface area contributed by atoms with Gasteiger partial charge in [-0.15, -0.1) is 11.8 Å². The first-order valence-corrected chi connectivity index (χ1v) is 6.77. The van der Waals surface area contributed by atoms with Crippen LogP contribution in [-0.2, 0) is 0 Å². The number of methoxy groups -OCH3 is 1. The van der Waals surface area contributed by atoms with Gasteiger partial charge in [-0.25, -0.2) is 15.8 Å². The smallest absolute Gasteiger partial charge is 0.205 e. The van der Waals surface area contributed by atoms with E-state index in [-0.39, 0.29) is 0 Å². The molecule has 0 radical (unpaired) electrons. The molecule has 6 nitrogen and oxygen atoms in total. The van der Waals surface area contributed by atoms with Crippen LogP contribution in [0.4, 0.5) is 17.3 Å². The number of thioether (sulfide) groups is 1. The first kappa shape index (κ1) is 13.4. The molecule has 1 aromatic carbocycles. The van der Waals surface area contributed by atoms with Gasteiger partial charge in [0.05, 0.1) is 7.11 Å². The predicted molar refractivity (Wildman–Crippen MR) is 77.9 cm³/mol. The highest BCUT2D eigenvalue weighted by Crippen LogP contribution is 2.31. The Morgan fingerprint density at radius 1 is 1.26 bits per heavy atom. The van der Waals surface area contributed by atoms with Gasteiger partial charge in [0.2, 0.25) is 5.75 Å². The first-order valence-electron chi connectivity index (χ1n) is 5.55. The van der Waals surface area contributed by atoms with Crippen molar-refractivity contribution in [2.45, 2.75) is 4.90 Å². The van der Waals surface area contributed by atoms with Gasteiger partial charge in [-0.2, -0.15) is 0 Å². The van der Waals surface area contributed by atoms with Crippen LogP contribution in [0.15, 0.2) is 35.5 Å². The lowest BCUT2D eigenvalue weighted by molar-refractivity contribution is 0.415. The summed E-state index contributed by atoms with van der Waals surface area (Å²) in [6, 6.07) is 8.00. The van der Waals surface area contributed by atoms with E-state index < -0.39 is 0 Å². The number of nitrogen functional groups attached to an aromatic ring is 1. The molecule has 0 aliphatic carbocycles. The topological polar surface area (TPSA) is 85.1 Å². The minimum Gasteiger partial charge on any atom is -0.490 e. The van der Waals surface area contributed by atoms with Crippen molar-refractivity contribution < 1.29 is 4.74 Å². The number of nitrogens with zero attached hydrogens (tertiary/aromatic N) is 2. The van der Waals surface area contributed by atoms with Crippen LogP contribution in [0, 0.1) is 0 Å². The molecule has 1 heterocycles. The molecule has 0 spiro atoms. The summed E-state index contributed by atoms with van der Waals surface area (Å²) in [6.45, 7) is 0. The Bertz CT molecular complexity index is 564. The Hall–Kier alpha value is -1.99. The number of hydrogen-bond donors (Lipinski definition) is 3. The van der Waals surface area contributed by atoms with Gasteiger partial charge in [0.15, 0.2) is 11.6 Å². The van der Waals surface area contributed by atoms with Crippen LogP contribution in [-0.4, -0.2) is 23.3 Å². The molecule has 0 aliphatic rings. The Balaban J connectivity index is 2.32. The quantitative estimate of drug-likeness (QED) is 0.439. The Kier molecular flexibility index (Phi) is 4.43. The molecule has 1 aromatic heterocycles. The van der Waals surface area contributed by atoms with Gasteiger partial charge in [0.1, 0.15) is 6.33 Å². The summed E-state index contributed by atoms with van der Waals surface area (Å²) in [5.41, 5.74) is 3.40. The van der Waals surface area contributed by atoms with Gasteiger partial charge in [-0.1, -0.05) is 6.07 Å². The van der Waals surface area contributed by atoms with Crippen LogP contribution in [0.25, 0.3) is 0 Å². The monoisotopic (exact) mass is 277 g/mol. The summed E-state index contributed by atoms with van der Waals surface area (Å²) in [5, 5.41) is 3.19. The lowest BCUT2D eigenvalue weighted by Gasteiger charge is -2.12. The highest BCUT2D eigenvalue weighted by molar-refractivity contribution is 7.98. The minimum atomic E-state index is 0.432. The first-order chi connectivity index (χ1) is 9.28. The van der Waals surface area contributed by atoms with E-state index in [0.29, 0.717) is 17.4 Å². The van der Waals surface area contributed by atoms with Crippen molar-refractivity contribution in [1.82, 2.24) is 9.97 Å². The fourth-order valence-corrected chi connectivity index (χ4v) is 2.06. The highest BCUT2D eigenvalue weighted by atomic mass is 32.2. The maximum absolute atomic E-state index is 5.38. The van der Waals surface area contributed by atoms with Crippen molar-refractivity contribution >= 4 is 29.1 Å². The number of hydrogen-bond acceptors (Lipinski definition) is 7. The van der Waals surface area contributed by atoms with Crippen molar-refractivity contribution in [3.8, 4) is 5.75 Å². The lowest BCUT2D eigenvalue weighted by atomic mass is 10.3. The van der Waals surface area contributed by atoms with Crippen molar-refractivity contribution in [3.05, 3.63) is 30.6 Å². The van der Waals surface area contributed by atoms with Gasteiger partial charge < -0.3 is 15.5 Å². The number of nitrogens with two attached hydrogens (primary N) is 1. The molecule has 100 valence electrons. The standard InChI is InChI=1S/C12H15N5OS/c1-18-10-11(14-7-15-12(10)17-13)16-8-4-3-5-9(6-8)19-2/h3-7H,13H2,1-2H3,(H2,14,15,16,17). The van der Waals surface area contributed by atoms with Gasteiger partial charge in [0, 0.05) is 10.6 Å². The third kappa shape index (κ3) is 3.07. The van der Waals surface area contributed by atoms with Gasteiger partial charge >= 0.3 is 0 Å². The zero-order chi connectivity index (χ0) is 13.7. The molecule has 2 aromatic rings. The van der Waals surface area contributed by atoms with E-state index in [1.807, 2.05) is 30.5 Å². The molecule has 0 saturated carbocycles. The Morgan fingerprint density at radius 2 is 2.05 bits per heavy atom. The summed E-state index contributed by atoms with van der Waals surface area (Å²) in [4.78, 5) is 9.31. The second kappa shape index (κ2) is 6.26. The Morgan fingerprint density at radius 3 is 2.74 bits per heavy atom. The lowest BCUT2D eigenvalue weighted by Crippen LogP contribution is -2.11. The average Bonchev–Trinajstić information content (AvgIpc) is 2.47. The molecule has 19 heavy (non-hydrogen) atoms. The fraction of sp³-hybridized carbons (Fsp3) is 0.167. The maximum atomic E-state index is 5.38. The minimum absolute atomic E-state index is 0.432. The SMILES string of the molecule is COc1c(NN)ncnc1Nc1cccc(SC)c1. The molecule has 7 heteroatoms. The van der Waals surface area contributed by atoms with E-state index in [9.17, 15) is 0 Å². The normalized spacial score (nSPS) is 10.1. The van der Waals surface area contributed by atoms with E-state index in [1.165, 1.54) is 6.33 Å². The molecule has 0 unspecified atom stereocenters. The van der Waals surface area contributed by atoms with E-state index in [4.69, 9.17) is 10.6 Å². The van der Waals surface area contributed by atoms with E-state index in [1.54, 1.807) is 18.9 Å². The van der Waals surface area contributed by atoms with Crippen molar-refractivity contribution in [2.24, 2.45) is 5.84 Å². The molecular formula is C12H15N5OS. The van der Waals surface area contributed by atoms with Crippen LogP contribution in [0.3, 0.4) is 0 Å². The summed E-state index contributed by atoms with van der Waals surface area (Å²) >= 11 is 1.67. The molecule has 0 aliphatic heterocycles. The van der Waals surface area contributed by atoms with Gasteiger partial charge in [-0.3, -0.25) is 0 Å². The van der Waals surface area contributed by atoms with Crippen molar-refractivity contribution in [1.29, 1.82) is 0 Å². The number of anilines is 3. The van der Waals surface area contributed by atoms with Crippen LogP contribution in [0.2, 0.25) is 0 Å². The van der Waals surface area contributed by atoms with Crippen LogP contribution in [0.5, 0.6) is 5.75 Å². The third-order valence-corrected chi connectivity index (χ3v) is 3.20. The molecule has 2 rings (SSSR count). The molecule has 0 amide bonds. The molecule has 4 N–H and O–H groups in total. The summed E-state index contributed by atoms with van der Waals surface area (Å²) in [7, 11) is 1.54.